The molecule has 188 valence electrons. The van der Waals surface area contributed by atoms with E-state index in [0.717, 1.165) is 11.0 Å². The maximum atomic E-state index is 12.9. The number of aromatic amines is 2. The number of nitrogens with zero attached hydrogens (tertiary/aromatic N) is 2. The molecule has 2 aromatic heterocycles. The van der Waals surface area contributed by atoms with E-state index in [1.807, 2.05) is 24.3 Å². The third-order valence-corrected chi connectivity index (χ3v) is 5.05. The number of benzene rings is 3. The van der Waals surface area contributed by atoms with E-state index in [4.69, 9.17) is 0 Å². The van der Waals surface area contributed by atoms with Crippen LogP contribution >= 0.6 is 0 Å². The lowest BCUT2D eigenvalue weighted by Crippen LogP contribution is -2.11. The van der Waals surface area contributed by atoms with Crippen LogP contribution in [0.3, 0.4) is 0 Å². The van der Waals surface area contributed by atoms with Crippen molar-refractivity contribution in [2.45, 2.75) is 0 Å². The van der Waals surface area contributed by atoms with Crippen LogP contribution in [-0.4, -0.2) is 52.1 Å². The summed E-state index contributed by atoms with van der Waals surface area (Å²) in [5, 5.41) is 4.87. The molecule has 2 amide bonds. The van der Waals surface area contributed by atoms with E-state index in [-0.39, 0.29) is 11.7 Å². The smallest absolute Gasteiger partial charge is 0.413 e. The largest absolute Gasteiger partial charge is 0.453 e. The lowest BCUT2D eigenvalue weighted by molar-refractivity contribution is 0.103. The minimum atomic E-state index is -0.647. The number of ketones is 1. The summed E-state index contributed by atoms with van der Waals surface area (Å²) in [5.41, 5.74) is 3.67. The molecule has 0 fully saturated rings. The average Bonchev–Trinajstić information content (AvgIpc) is 3.51. The molecule has 11 nitrogen and oxygen atoms in total. The second-order valence-electron chi connectivity index (χ2n) is 7.49. The molecule has 0 radical (unpaired) electrons. The molecule has 5 aromatic rings. The van der Waals surface area contributed by atoms with Gasteiger partial charge in [-0.1, -0.05) is 12.1 Å². The number of hydrogen-bond donors (Lipinski definition) is 4. The van der Waals surface area contributed by atoms with E-state index in [0.29, 0.717) is 28.1 Å². The predicted molar refractivity (Wildman–Crippen MR) is 134 cm³/mol. The van der Waals surface area contributed by atoms with Crippen LogP contribution in [-0.2, 0) is 9.47 Å². The normalized spacial score (nSPS) is 10.4. The number of para-hydroxylation sites is 2. The van der Waals surface area contributed by atoms with Gasteiger partial charge in [0.1, 0.15) is 5.82 Å². The molecule has 0 bridgehead atoms. The Morgan fingerprint density at radius 1 is 0.730 bits per heavy atom. The van der Waals surface area contributed by atoms with Crippen LogP contribution in [0.2, 0.25) is 0 Å². The van der Waals surface area contributed by atoms with Gasteiger partial charge in [-0.25, -0.2) is 23.9 Å². The molecule has 5 rings (SSSR count). The summed E-state index contributed by atoms with van der Waals surface area (Å²) in [5.74, 6) is -0.0237. The number of hydrogen-bond acceptors (Lipinski definition) is 7. The number of methoxy groups -OCH3 is 2. The van der Waals surface area contributed by atoms with Gasteiger partial charge >= 0.3 is 12.2 Å². The van der Waals surface area contributed by atoms with Crippen molar-refractivity contribution in [2.24, 2.45) is 0 Å². The van der Waals surface area contributed by atoms with Gasteiger partial charge < -0.3 is 19.4 Å². The minimum Gasteiger partial charge on any atom is -0.453 e. The van der Waals surface area contributed by atoms with Gasteiger partial charge in [0.25, 0.3) is 0 Å². The number of anilines is 2. The highest BCUT2D eigenvalue weighted by Gasteiger charge is 2.12. The number of halogens is 1. The molecule has 37 heavy (non-hydrogen) atoms. The number of imidazole rings is 2. The van der Waals surface area contributed by atoms with Crippen LogP contribution < -0.4 is 10.6 Å². The van der Waals surface area contributed by atoms with Gasteiger partial charge in [-0.2, -0.15) is 0 Å². The molecule has 0 atom stereocenters. The molecule has 2 heterocycles. The zero-order valence-corrected chi connectivity index (χ0v) is 19.7. The van der Waals surface area contributed by atoms with E-state index in [9.17, 15) is 18.8 Å². The first-order chi connectivity index (χ1) is 17.9. The number of carbonyl (C=O) groups is 3. The molecule has 4 N–H and O–H groups in total. The third-order valence-electron chi connectivity index (χ3n) is 5.05. The Kier molecular flexibility index (Phi) is 7.38. The van der Waals surface area contributed by atoms with Crippen LogP contribution in [0.5, 0.6) is 0 Å². The number of aromatic nitrogens is 4. The van der Waals surface area contributed by atoms with Gasteiger partial charge in [0.2, 0.25) is 11.9 Å². The van der Waals surface area contributed by atoms with E-state index in [1.165, 1.54) is 38.5 Å². The van der Waals surface area contributed by atoms with Crippen molar-refractivity contribution in [3.8, 4) is 0 Å². The fourth-order valence-corrected chi connectivity index (χ4v) is 3.29. The molecule has 3 aromatic carbocycles. The summed E-state index contributed by atoms with van der Waals surface area (Å²) in [7, 11) is 2.55. The number of carbonyl (C=O) groups excluding carboxylic acids is 3. The van der Waals surface area contributed by atoms with Gasteiger partial charge in [0, 0.05) is 11.1 Å². The molecule has 0 saturated heterocycles. The van der Waals surface area contributed by atoms with E-state index in [2.05, 4.69) is 40.0 Å². The van der Waals surface area contributed by atoms with E-state index >= 15 is 0 Å². The van der Waals surface area contributed by atoms with E-state index < -0.39 is 18.0 Å². The SMILES string of the molecule is COC(=O)Nc1nc2ccc(C(=O)c3ccc(F)cc3)cc2[nH]1.COC(=O)Nc1nc2ccccc2[nH]1. The van der Waals surface area contributed by atoms with Gasteiger partial charge in [0.05, 0.1) is 36.3 Å². The Bertz CT molecular complexity index is 1540. The third kappa shape index (κ3) is 6.06. The summed E-state index contributed by atoms with van der Waals surface area (Å²) in [6.45, 7) is 0. The van der Waals surface area contributed by atoms with Crippen LogP contribution in [0.15, 0.2) is 66.7 Å². The van der Waals surface area contributed by atoms with Crippen molar-refractivity contribution < 1.29 is 28.2 Å². The second kappa shape index (κ2) is 11.0. The topological polar surface area (TPSA) is 151 Å². The van der Waals surface area contributed by atoms with E-state index in [1.54, 1.807) is 18.2 Å². The highest BCUT2D eigenvalue weighted by molar-refractivity contribution is 6.10. The first-order valence-corrected chi connectivity index (χ1v) is 10.8. The Morgan fingerprint density at radius 2 is 1.27 bits per heavy atom. The molecule has 0 unspecified atom stereocenters. The number of ether oxygens (including phenoxy) is 2. The van der Waals surface area contributed by atoms with Crippen LogP contribution in [0.4, 0.5) is 25.9 Å². The standard InChI is InChI=1S/C16H12FN3O3.C9H9N3O2/c1-23-16(22)20-15-18-12-7-4-10(8-13(12)19-15)14(21)9-2-5-11(17)6-3-9;1-14-9(13)12-8-10-6-4-2-3-5-7(6)11-8/h2-8H,1H3,(H2,18,19,20,22);2-5H,1H3,(H2,10,11,12,13). The van der Waals surface area contributed by atoms with Gasteiger partial charge in [0.15, 0.2) is 5.78 Å². The molecule has 0 spiro atoms. The quantitative estimate of drug-likeness (QED) is 0.255. The lowest BCUT2D eigenvalue weighted by Gasteiger charge is -2.01. The fraction of sp³-hybridized carbons (Fsp3) is 0.0800. The van der Waals surface area contributed by atoms with Crippen LogP contribution in [0, 0.1) is 5.82 Å². The van der Waals surface area contributed by atoms with Crippen LogP contribution in [0.1, 0.15) is 15.9 Å². The zero-order chi connectivity index (χ0) is 26.4. The molecular weight excluding hydrogens is 483 g/mol. The number of fused-ring (bicyclic) bond motifs is 2. The maximum Gasteiger partial charge on any atom is 0.413 e. The first-order valence-electron chi connectivity index (χ1n) is 10.8. The fourth-order valence-electron chi connectivity index (χ4n) is 3.29. The van der Waals surface area contributed by atoms with Crippen molar-refractivity contribution in [3.63, 3.8) is 0 Å². The Morgan fingerprint density at radius 3 is 1.86 bits per heavy atom. The van der Waals surface area contributed by atoms with Crippen molar-refractivity contribution in [3.05, 3.63) is 83.7 Å². The maximum absolute atomic E-state index is 12.9. The number of amides is 2. The summed E-state index contributed by atoms with van der Waals surface area (Å²) < 4.78 is 21.9. The Labute approximate surface area is 209 Å². The number of H-pyrrole nitrogens is 2. The molecule has 0 aliphatic heterocycles. The summed E-state index contributed by atoms with van der Waals surface area (Å²) in [6.07, 6.45) is -1.18. The number of nitrogens with one attached hydrogen (secondary N) is 4. The first kappa shape index (κ1) is 24.9. The highest BCUT2D eigenvalue weighted by Crippen LogP contribution is 2.19. The summed E-state index contributed by atoms with van der Waals surface area (Å²) in [4.78, 5) is 48.5. The van der Waals surface area contributed by atoms with Crippen molar-refractivity contribution in [1.82, 2.24) is 19.9 Å². The monoisotopic (exact) mass is 504 g/mol. The number of rotatable bonds is 4. The van der Waals surface area contributed by atoms with Crippen molar-refractivity contribution in [1.29, 1.82) is 0 Å². The lowest BCUT2D eigenvalue weighted by atomic mass is 10.0. The predicted octanol–water partition coefficient (Wildman–Crippen LogP) is 4.85. The Balaban J connectivity index is 0.000000195. The summed E-state index contributed by atoms with van der Waals surface area (Å²) >= 11 is 0. The average molecular weight is 504 g/mol. The van der Waals surface area contributed by atoms with Gasteiger partial charge in [-0.3, -0.25) is 15.4 Å². The Hall–Kier alpha value is -5.26. The molecule has 0 aliphatic carbocycles. The van der Waals surface area contributed by atoms with Crippen LogP contribution in [0.25, 0.3) is 22.1 Å². The molecule has 12 heteroatoms. The minimum absolute atomic E-state index is 0.221. The summed E-state index contributed by atoms with van der Waals surface area (Å²) in [6, 6.07) is 17.7. The van der Waals surface area contributed by atoms with Crippen molar-refractivity contribution in [2.75, 3.05) is 24.9 Å². The molecule has 0 aliphatic rings. The molecular formula is C25H21FN6O5. The molecule has 0 saturated carbocycles. The van der Waals surface area contributed by atoms with Gasteiger partial charge in [-0.15, -0.1) is 0 Å². The van der Waals surface area contributed by atoms with Gasteiger partial charge in [-0.05, 0) is 54.6 Å². The zero-order valence-electron chi connectivity index (χ0n) is 19.7. The van der Waals surface area contributed by atoms with Crippen molar-refractivity contribution >= 4 is 51.9 Å². The second-order valence-corrected chi connectivity index (χ2v) is 7.49. The highest BCUT2D eigenvalue weighted by atomic mass is 19.1.